The minimum absolute atomic E-state index is 0.0729. The third-order valence-corrected chi connectivity index (χ3v) is 6.06. The normalized spacial score (nSPS) is 35.5. The molecule has 0 aromatic rings. The van der Waals surface area contributed by atoms with E-state index in [0.717, 1.165) is 26.1 Å². The Kier molecular flexibility index (Phi) is 4.83. The first-order chi connectivity index (χ1) is 9.33. The van der Waals surface area contributed by atoms with E-state index in [1.807, 2.05) is 0 Å². The Labute approximate surface area is 125 Å². The molecule has 0 heterocycles. The smallest absolute Gasteiger partial charge is 0.0662 e. The van der Waals surface area contributed by atoms with Crippen molar-refractivity contribution in [1.82, 2.24) is 5.32 Å². The molecule has 3 nitrogen and oxygen atoms in total. The summed E-state index contributed by atoms with van der Waals surface area (Å²) in [6.07, 6.45) is 8.24. The largest absolute Gasteiger partial charge is 0.378 e. The van der Waals surface area contributed by atoms with Gasteiger partial charge in [0, 0.05) is 30.7 Å². The molecule has 0 saturated heterocycles. The Hall–Kier alpha value is -0.120. The number of ether oxygens (including phenoxy) is 1. The Morgan fingerprint density at radius 2 is 1.75 bits per heavy atom. The van der Waals surface area contributed by atoms with Gasteiger partial charge in [0.2, 0.25) is 0 Å². The van der Waals surface area contributed by atoms with E-state index in [0.29, 0.717) is 11.5 Å². The predicted molar refractivity (Wildman–Crippen MR) is 84.8 cm³/mol. The molecule has 0 aliphatic heterocycles. The highest BCUT2D eigenvalue weighted by Crippen LogP contribution is 2.49. The van der Waals surface area contributed by atoms with E-state index >= 15 is 0 Å². The van der Waals surface area contributed by atoms with Crippen LogP contribution in [0.25, 0.3) is 0 Å². The first-order valence-corrected chi connectivity index (χ1v) is 8.44. The van der Waals surface area contributed by atoms with Gasteiger partial charge in [-0.2, -0.15) is 0 Å². The SMILES string of the molecule is CCOC1CC(N)(CNCC2(C)CCCCC2)C1(C)C. The minimum atomic E-state index is -0.113. The van der Waals surface area contributed by atoms with Gasteiger partial charge in [-0.3, -0.25) is 0 Å². The highest BCUT2D eigenvalue weighted by Gasteiger charge is 2.58. The molecule has 20 heavy (non-hydrogen) atoms. The Morgan fingerprint density at radius 1 is 1.10 bits per heavy atom. The van der Waals surface area contributed by atoms with Gasteiger partial charge in [0.15, 0.2) is 0 Å². The molecule has 0 spiro atoms. The zero-order chi connectivity index (χ0) is 14.9. The van der Waals surface area contributed by atoms with Crippen LogP contribution < -0.4 is 11.1 Å². The molecular weight excluding hydrogens is 248 g/mol. The third kappa shape index (κ3) is 3.05. The van der Waals surface area contributed by atoms with Gasteiger partial charge in [-0.15, -0.1) is 0 Å². The van der Waals surface area contributed by atoms with Gasteiger partial charge >= 0.3 is 0 Å². The minimum Gasteiger partial charge on any atom is -0.378 e. The molecule has 2 aliphatic carbocycles. The zero-order valence-corrected chi connectivity index (χ0v) is 13.9. The second-order valence-corrected chi connectivity index (χ2v) is 8.00. The summed E-state index contributed by atoms with van der Waals surface area (Å²) in [5.74, 6) is 0. The van der Waals surface area contributed by atoms with E-state index in [2.05, 4.69) is 33.0 Å². The molecule has 2 aliphatic rings. The summed E-state index contributed by atoms with van der Waals surface area (Å²) in [5.41, 5.74) is 7.07. The van der Waals surface area contributed by atoms with E-state index in [1.54, 1.807) is 0 Å². The van der Waals surface area contributed by atoms with Gasteiger partial charge < -0.3 is 15.8 Å². The van der Waals surface area contributed by atoms with Gasteiger partial charge in [-0.25, -0.2) is 0 Å². The summed E-state index contributed by atoms with van der Waals surface area (Å²) in [4.78, 5) is 0. The van der Waals surface area contributed by atoms with E-state index in [-0.39, 0.29) is 11.0 Å². The molecule has 3 N–H and O–H groups in total. The predicted octanol–water partition coefficient (Wildman–Crippen LogP) is 3.08. The van der Waals surface area contributed by atoms with E-state index in [9.17, 15) is 0 Å². The molecule has 0 radical (unpaired) electrons. The molecule has 2 rings (SSSR count). The summed E-state index contributed by atoms with van der Waals surface area (Å²) < 4.78 is 5.80. The van der Waals surface area contributed by atoms with Crippen LogP contribution in [0.1, 0.15) is 66.2 Å². The second kappa shape index (κ2) is 5.94. The van der Waals surface area contributed by atoms with Crippen molar-refractivity contribution in [2.24, 2.45) is 16.6 Å². The molecule has 2 saturated carbocycles. The van der Waals surface area contributed by atoms with Crippen LogP contribution in [-0.4, -0.2) is 31.3 Å². The number of rotatable bonds is 6. The number of hydrogen-bond acceptors (Lipinski definition) is 3. The molecule has 3 heteroatoms. The van der Waals surface area contributed by atoms with Crippen molar-refractivity contribution < 1.29 is 4.74 Å². The molecule has 2 unspecified atom stereocenters. The molecule has 0 aromatic carbocycles. The number of nitrogens with one attached hydrogen (secondary N) is 1. The molecule has 0 aromatic heterocycles. The van der Waals surface area contributed by atoms with E-state index in [1.165, 1.54) is 32.1 Å². The number of nitrogens with two attached hydrogens (primary N) is 1. The van der Waals surface area contributed by atoms with Gasteiger partial charge in [-0.05, 0) is 31.6 Å². The Bertz CT molecular complexity index is 323. The fourth-order valence-electron chi connectivity index (χ4n) is 3.98. The van der Waals surface area contributed by atoms with Crippen LogP contribution in [0.2, 0.25) is 0 Å². The topological polar surface area (TPSA) is 47.3 Å². The van der Waals surface area contributed by atoms with Crippen LogP contribution in [-0.2, 0) is 4.74 Å². The van der Waals surface area contributed by atoms with Crippen LogP contribution >= 0.6 is 0 Å². The van der Waals surface area contributed by atoms with E-state index < -0.39 is 0 Å². The van der Waals surface area contributed by atoms with Gasteiger partial charge in [0.05, 0.1) is 6.10 Å². The standard InChI is InChI=1S/C17H34N2O/c1-5-20-14-11-17(18,15(14,2)3)13-19-12-16(4)9-7-6-8-10-16/h14,19H,5-13,18H2,1-4H3. The van der Waals surface area contributed by atoms with Gasteiger partial charge in [0.1, 0.15) is 0 Å². The summed E-state index contributed by atoms with van der Waals surface area (Å²) in [5, 5.41) is 3.68. The summed E-state index contributed by atoms with van der Waals surface area (Å²) in [7, 11) is 0. The van der Waals surface area contributed by atoms with Crippen molar-refractivity contribution in [2.45, 2.75) is 77.9 Å². The van der Waals surface area contributed by atoms with Crippen molar-refractivity contribution >= 4 is 0 Å². The average Bonchev–Trinajstić information content (AvgIpc) is 2.39. The van der Waals surface area contributed by atoms with Crippen LogP contribution in [0.4, 0.5) is 0 Å². The van der Waals surface area contributed by atoms with Crippen LogP contribution in [0, 0.1) is 10.8 Å². The Balaban J connectivity index is 1.79. The fraction of sp³-hybridized carbons (Fsp3) is 1.00. The van der Waals surface area contributed by atoms with E-state index in [4.69, 9.17) is 10.5 Å². The van der Waals surface area contributed by atoms with Crippen molar-refractivity contribution in [2.75, 3.05) is 19.7 Å². The molecule has 118 valence electrons. The second-order valence-electron chi connectivity index (χ2n) is 8.00. The maximum absolute atomic E-state index is 6.62. The summed E-state index contributed by atoms with van der Waals surface area (Å²) in [6, 6.07) is 0. The lowest BCUT2D eigenvalue weighted by Gasteiger charge is -2.59. The maximum Gasteiger partial charge on any atom is 0.0662 e. The molecular formula is C17H34N2O. The average molecular weight is 282 g/mol. The molecule has 2 atom stereocenters. The summed E-state index contributed by atoms with van der Waals surface area (Å²) >= 11 is 0. The zero-order valence-electron chi connectivity index (χ0n) is 13.9. The van der Waals surface area contributed by atoms with Crippen LogP contribution in [0.5, 0.6) is 0 Å². The molecule has 2 fully saturated rings. The first kappa shape index (κ1) is 16.3. The quantitative estimate of drug-likeness (QED) is 0.787. The van der Waals surface area contributed by atoms with Crippen molar-refractivity contribution in [3.8, 4) is 0 Å². The van der Waals surface area contributed by atoms with Crippen molar-refractivity contribution in [3.05, 3.63) is 0 Å². The highest BCUT2D eigenvalue weighted by atomic mass is 16.5. The Morgan fingerprint density at radius 3 is 2.30 bits per heavy atom. The van der Waals surface area contributed by atoms with Crippen molar-refractivity contribution in [3.63, 3.8) is 0 Å². The lowest BCUT2D eigenvalue weighted by Crippen LogP contribution is -2.73. The molecule has 0 bridgehead atoms. The first-order valence-electron chi connectivity index (χ1n) is 8.44. The van der Waals surface area contributed by atoms with Gasteiger partial charge in [-0.1, -0.05) is 40.0 Å². The number of hydrogen-bond donors (Lipinski definition) is 2. The monoisotopic (exact) mass is 282 g/mol. The fourth-order valence-corrected chi connectivity index (χ4v) is 3.98. The third-order valence-electron chi connectivity index (χ3n) is 6.06. The maximum atomic E-state index is 6.62. The lowest BCUT2D eigenvalue weighted by atomic mass is 9.54. The lowest BCUT2D eigenvalue weighted by molar-refractivity contribution is -0.148. The van der Waals surface area contributed by atoms with Crippen LogP contribution in [0.3, 0.4) is 0 Å². The highest BCUT2D eigenvalue weighted by molar-refractivity contribution is 5.14. The van der Waals surface area contributed by atoms with Gasteiger partial charge in [0.25, 0.3) is 0 Å². The van der Waals surface area contributed by atoms with Crippen molar-refractivity contribution in [1.29, 1.82) is 0 Å². The summed E-state index contributed by atoms with van der Waals surface area (Å²) in [6.45, 7) is 11.8. The van der Waals surface area contributed by atoms with Crippen LogP contribution in [0.15, 0.2) is 0 Å². The molecule has 0 amide bonds.